The molecule has 3 N–H and O–H groups in total. The molecule has 0 saturated carbocycles. The van der Waals surface area contributed by atoms with Gasteiger partial charge in [-0.1, -0.05) is 24.3 Å². The lowest BCUT2D eigenvalue weighted by molar-refractivity contribution is -0.139. The number of carboxylic acid groups (broad SMARTS) is 1. The lowest BCUT2D eigenvalue weighted by Gasteiger charge is -2.22. The van der Waals surface area contributed by atoms with Crippen LogP contribution in [0.25, 0.3) is 0 Å². The van der Waals surface area contributed by atoms with Crippen molar-refractivity contribution in [2.24, 2.45) is 0 Å². The van der Waals surface area contributed by atoms with Crippen LogP contribution in [0.2, 0.25) is 0 Å². The number of carboxylic acids is 1. The van der Waals surface area contributed by atoms with Crippen LogP contribution in [0.1, 0.15) is 44.7 Å². The summed E-state index contributed by atoms with van der Waals surface area (Å²) in [5.41, 5.74) is 1.28. The second-order valence-corrected chi connectivity index (χ2v) is 6.74. The fraction of sp³-hybridized carbons (Fsp3) is 0.556. The van der Waals surface area contributed by atoms with Gasteiger partial charge >= 0.3 is 12.1 Å². The molecule has 1 amide bonds. The van der Waals surface area contributed by atoms with Gasteiger partial charge in [0.15, 0.2) is 0 Å². The Morgan fingerprint density at radius 1 is 1.12 bits per heavy atom. The number of benzene rings is 1. The number of hydrogen-bond acceptors (Lipinski definition) is 4. The van der Waals surface area contributed by atoms with Crippen molar-refractivity contribution in [2.45, 2.75) is 58.1 Å². The SMILES string of the molecule is CC(C)(C)OC(=O)NC(Cc1ccc(CCCCO)cc1)C(=O)O. The zero-order chi connectivity index (χ0) is 18.2. The highest BCUT2D eigenvalue weighted by Crippen LogP contribution is 2.11. The first-order valence-corrected chi connectivity index (χ1v) is 8.12. The summed E-state index contributed by atoms with van der Waals surface area (Å²) in [6.45, 7) is 5.35. The fourth-order valence-corrected chi connectivity index (χ4v) is 2.17. The Kier molecular flexibility index (Phi) is 7.71. The van der Waals surface area contributed by atoms with Crippen LogP contribution in [0, 0.1) is 0 Å². The summed E-state index contributed by atoms with van der Waals surface area (Å²) >= 11 is 0. The molecular formula is C18H27NO5. The van der Waals surface area contributed by atoms with Crippen molar-refractivity contribution in [3.8, 4) is 0 Å². The number of alkyl carbamates (subject to hydrolysis) is 1. The van der Waals surface area contributed by atoms with Crippen LogP contribution in [0.5, 0.6) is 0 Å². The smallest absolute Gasteiger partial charge is 0.408 e. The molecule has 0 fully saturated rings. The van der Waals surface area contributed by atoms with E-state index >= 15 is 0 Å². The van der Waals surface area contributed by atoms with Gasteiger partial charge < -0.3 is 20.3 Å². The maximum atomic E-state index is 11.7. The molecule has 134 valence electrons. The predicted molar refractivity (Wildman–Crippen MR) is 91.0 cm³/mol. The number of aliphatic hydroxyl groups is 1. The average Bonchev–Trinajstić information content (AvgIpc) is 2.46. The Hall–Kier alpha value is -2.08. The number of ether oxygens (including phenoxy) is 1. The molecule has 0 aliphatic carbocycles. The molecule has 6 nitrogen and oxygen atoms in total. The van der Waals surface area contributed by atoms with Crippen molar-refractivity contribution in [1.82, 2.24) is 5.32 Å². The van der Waals surface area contributed by atoms with E-state index in [1.165, 1.54) is 0 Å². The van der Waals surface area contributed by atoms with Crippen LogP contribution in [0.4, 0.5) is 4.79 Å². The number of amides is 1. The Balaban J connectivity index is 2.62. The van der Waals surface area contributed by atoms with E-state index in [1.807, 2.05) is 24.3 Å². The van der Waals surface area contributed by atoms with Crippen molar-refractivity contribution in [3.63, 3.8) is 0 Å². The maximum absolute atomic E-state index is 11.7. The van der Waals surface area contributed by atoms with Crippen molar-refractivity contribution in [2.75, 3.05) is 6.61 Å². The van der Waals surface area contributed by atoms with Gasteiger partial charge in [-0.3, -0.25) is 0 Å². The van der Waals surface area contributed by atoms with Crippen LogP contribution in [-0.4, -0.2) is 40.5 Å². The number of rotatable bonds is 8. The minimum absolute atomic E-state index is 0.186. The summed E-state index contributed by atoms with van der Waals surface area (Å²) in [6, 6.07) is 6.57. The van der Waals surface area contributed by atoms with Crippen molar-refractivity contribution < 1.29 is 24.5 Å². The number of carbonyl (C=O) groups excluding carboxylic acids is 1. The van der Waals surface area contributed by atoms with Crippen molar-refractivity contribution in [1.29, 1.82) is 0 Å². The van der Waals surface area contributed by atoms with Gasteiger partial charge in [0.1, 0.15) is 11.6 Å². The molecule has 1 aromatic rings. The lowest BCUT2D eigenvalue weighted by Crippen LogP contribution is -2.44. The first-order valence-electron chi connectivity index (χ1n) is 8.12. The molecule has 0 radical (unpaired) electrons. The molecule has 0 saturated heterocycles. The summed E-state index contributed by atoms with van der Waals surface area (Å²) in [7, 11) is 0. The van der Waals surface area contributed by atoms with E-state index in [0.29, 0.717) is 0 Å². The van der Waals surface area contributed by atoms with Gasteiger partial charge in [-0.25, -0.2) is 9.59 Å². The normalized spacial score (nSPS) is 12.5. The summed E-state index contributed by atoms with van der Waals surface area (Å²) < 4.78 is 5.10. The van der Waals surface area contributed by atoms with E-state index in [1.54, 1.807) is 20.8 Å². The average molecular weight is 337 g/mol. The minimum Gasteiger partial charge on any atom is -0.480 e. The molecule has 6 heteroatoms. The highest BCUT2D eigenvalue weighted by atomic mass is 16.6. The van der Waals surface area contributed by atoms with Gasteiger partial charge in [-0.2, -0.15) is 0 Å². The Morgan fingerprint density at radius 3 is 2.21 bits per heavy atom. The largest absolute Gasteiger partial charge is 0.480 e. The quantitative estimate of drug-likeness (QED) is 0.634. The Bertz CT molecular complexity index is 533. The first-order chi connectivity index (χ1) is 11.2. The fourth-order valence-electron chi connectivity index (χ4n) is 2.17. The van der Waals surface area contributed by atoms with Crippen LogP contribution < -0.4 is 5.32 Å². The number of aliphatic hydroxyl groups excluding tert-OH is 1. The highest BCUT2D eigenvalue weighted by Gasteiger charge is 2.24. The lowest BCUT2D eigenvalue weighted by atomic mass is 10.0. The summed E-state index contributed by atoms with van der Waals surface area (Å²) in [4.78, 5) is 23.1. The zero-order valence-corrected chi connectivity index (χ0v) is 14.5. The molecule has 1 unspecified atom stereocenters. The standard InChI is InChI=1S/C18H27NO5/c1-18(2,3)24-17(23)19-15(16(21)22)12-14-9-7-13(8-10-14)6-4-5-11-20/h7-10,15,20H,4-6,11-12H2,1-3H3,(H,19,23)(H,21,22). The van der Waals surface area contributed by atoms with Gasteiger partial charge in [0.05, 0.1) is 0 Å². The monoisotopic (exact) mass is 337 g/mol. The molecule has 0 spiro atoms. The predicted octanol–water partition coefficient (Wildman–Crippen LogP) is 2.52. The highest BCUT2D eigenvalue weighted by molar-refractivity contribution is 5.80. The number of unbranched alkanes of at least 4 members (excludes halogenated alkanes) is 1. The Labute approximate surface area is 142 Å². The zero-order valence-electron chi connectivity index (χ0n) is 14.5. The van der Waals surface area contributed by atoms with Crippen molar-refractivity contribution in [3.05, 3.63) is 35.4 Å². The number of hydrogen-bond donors (Lipinski definition) is 3. The van der Waals surface area contributed by atoms with Gasteiger partial charge in [0.25, 0.3) is 0 Å². The summed E-state index contributed by atoms with van der Waals surface area (Å²) in [5.74, 6) is -1.10. The third kappa shape index (κ3) is 7.97. The van der Waals surface area contributed by atoms with E-state index in [2.05, 4.69) is 5.32 Å². The minimum atomic E-state index is -1.10. The van der Waals surface area contributed by atoms with Crippen LogP contribution >= 0.6 is 0 Å². The van der Waals surface area contributed by atoms with E-state index in [9.17, 15) is 14.7 Å². The second kappa shape index (κ2) is 9.27. The third-order valence-corrected chi connectivity index (χ3v) is 3.33. The molecular weight excluding hydrogens is 310 g/mol. The number of aryl methyl sites for hydroxylation is 1. The van der Waals surface area contributed by atoms with Gasteiger partial charge in [0.2, 0.25) is 0 Å². The number of carbonyl (C=O) groups is 2. The molecule has 0 heterocycles. The number of aliphatic carboxylic acids is 1. The van der Waals surface area contributed by atoms with Gasteiger partial charge in [-0.05, 0) is 51.2 Å². The van der Waals surface area contributed by atoms with E-state index in [0.717, 1.165) is 30.4 Å². The molecule has 1 rings (SSSR count). The molecule has 0 aliphatic heterocycles. The van der Waals surface area contributed by atoms with Crippen LogP contribution in [0.3, 0.4) is 0 Å². The molecule has 0 bridgehead atoms. The molecule has 24 heavy (non-hydrogen) atoms. The molecule has 1 atom stereocenters. The summed E-state index contributed by atoms with van der Waals surface area (Å²) in [6.07, 6.45) is 2.00. The molecule has 0 aromatic heterocycles. The van der Waals surface area contributed by atoms with Gasteiger partial charge in [-0.15, -0.1) is 0 Å². The number of nitrogens with one attached hydrogen (secondary N) is 1. The van der Waals surface area contributed by atoms with Crippen LogP contribution in [-0.2, 0) is 22.4 Å². The van der Waals surface area contributed by atoms with Crippen molar-refractivity contribution >= 4 is 12.1 Å². The van der Waals surface area contributed by atoms with E-state index < -0.39 is 23.7 Å². The van der Waals surface area contributed by atoms with E-state index in [-0.39, 0.29) is 13.0 Å². The van der Waals surface area contributed by atoms with Gasteiger partial charge in [0, 0.05) is 13.0 Å². The topological polar surface area (TPSA) is 95.9 Å². The maximum Gasteiger partial charge on any atom is 0.408 e. The second-order valence-electron chi connectivity index (χ2n) is 6.74. The third-order valence-electron chi connectivity index (χ3n) is 3.33. The summed E-state index contributed by atoms with van der Waals surface area (Å²) in [5, 5.41) is 20.5. The molecule has 0 aliphatic rings. The van der Waals surface area contributed by atoms with E-state index in [4.69, 9.17) is 9.84 Å². The van der Waals surface area contributed by atoms with Crippen LogP contribution in [0.15, 0.2) is 24.3 Å². The molecule has 1 aromatic carbocycles. The Morgan fingerprint density at radius 2 is 1.71 bits per heavy atom. The first kappa shape index (κ1) is 20.0.